The molecule has 0 N–H and O–H groups in total. The summed E-state index contributed by atoms with van der Waals surface area (Å²) in [6, 6.07) is 9.09. The van der Waals surface area contributed by atoms with Crippen LogP contribution in [-0.2, 0) is 4.74 Å². The molecule has 0 saturated heterocycles. The lowest BCUT2D eigenvalue weighted by molar-refractivity contribution is -0.385. The second kappa shape index (κ2) is 5.73. The maximum absolute atomic E-state index is 11.1. The minimum Gasteiger partial charge on any atom is -0.365 e. The third kappa shape index (κ3) is 2.58. The van der Waals surface area contributed by atoms with Crippen molar-refractivity contribution in [1.29, 1.82) is 0 Å². The summed E-state index contributed by atoms with van der Waals surface area (Å²) < 4.78 is 6.44. The molecule has 1 aromatic carbocycles. The highest BCUT2D eigenvalue weighted by Crippen LogP contribution is 2.50. The van der Waals surface area contributed by atoms with Gasteiger partial charge in [-0.05, 0) is 37.0 Å². The summed E-state index contributed by atoms with van der Waals surface area (Å²) in [6.07, 6.45) is 4.84. The molecule has 3 atom stereocenters. The van der Waals surface area contributed by atoms with Gasteiger partial charge in [-0.25, -0.2) is 0 Å². The van der Waals surface area contributed by atoms with Crippen molar-refractivity contribution in [3.63, 3.8) is 0 Å². The zero-order valence-corrected chi connectivity index (χ0v) is 13.8. The van der Waals surface area contributed by atoms with Crippen LogP contribution in [0.4, 0.5) is 5.69 Å². The van der Waals surface area contributed by atoms with Crippen molar-refractivity contribution in [3.8, 4) is 0 Å². The molecule has 23 heavy (non-hydrogen) atoms. The molecule has 4 rings (SSSR count). The zero-order valence-electron chi connectivity index (χ0n) is 13.0. The lowest BCUT2D eigenvalue weighted by Gasteiger charge is -2.39. The molecule has 120 valence electrons. The first-order chi connectivity index (χ1) is 11.1. The fourth-order valence-corrected chi connectivity index (χ4v) is 5.15. The van der Waals surface area contributed by atoms with E-state index in [0.717, 1.165) is 12.0 Å². The van der Waals surface area contributed by atoms with Gasteiger partial charge in [0.2, 0.25) is 0 Å². The van der Waals surface area contributed by atoms with Gasteiger partial charge in [-0.2, -0.15) is 0 Å². The first-order valence-corrected chi connectivity index (χ1v) is 8.95. The molecule has 1 saturated carbocycles. The Morgan fingerprint density at radius 1 is 1.26 bits per heavy atom. The number of nitrogens with zero attached hydrogens (tertiary/aromatic N) is 1. The van der Waals surface area contributed by atoms with Gasteiger partial charge in [-0.15, -0.1) is 11.3 Å². The predicted octanol–water partition coefficient (Wildman–Crippen LogP) is 5.11. The topological polar surface area (TPSA) is 52.4 Å². The summed E-state index contributed by atoms with van der Waals surface area (Å²) in [5.74, 6) is 0.507. The Morgan fingerprint density at radius 3 is 2.91 bits per heavy atom. The number of benzene rings is 1. The van der Waals surface area contributed by atoms with Gasteiger partial charge < -0.3 is 4.74 Å². The summed E-state index contributed by atoms with van der Waals surface area (Å²) >= 11 is 1.87. The number of rotatable bonds is 2. The number of nitro groups is 1. The summed E-state index contributed by atoms with van der Waals surface area (Å²) in [4.78, 5) is 13.5. The van der Waals surface area contributed by atoms with Gasteiger partial charge in [0.05, 0.1) is 11.0 Å². The number of nitro benzene ring substituents is 1. The number of fused-ring (bicyclic) bond motifs is 3. The molecule has 2 aliphatic rings. The van der Waals surface area contributed by atoms with Crippen LogP contribution in [0.15, 0.2) is 30.3 Å². The Hall–Kier alpha value is -1.72. The predicted molar refractivity (Wildman–Crippen MR) is 90.1 cm³/mol. The molecule has 1 aromatic heterocycles. The Labute approximate surface area is 139 Å². The number of hydrogen-bond donors (Lipinski definition) is 0. The van der Waals surface area contributed by atoms with E-state index in [1.807, 2.05) is 17.4 Å². The molecule has 1 aliphatic carbocycles. The summed E-state index contributed by atoms with van der Waals surface area (Å²) in [5.41, 5.74) is 2.24. The quantitative estimate of drug-likeness (QED) is 0.568. The number of ether oxygens (including phenoxy) is 1. The molecule has 0 radical (unpaired) electrons. The Morgan fingerprint density at radius 2 is 2.09 bits per heavy atom. The van der Waals surface area contributed by atoms with Crippen LogP contribution < -0.4 is 0 Å². The van der Waals surface area contributed by atoms with Gasteiger partial charge in [0.15, 0.2) is 0 Å². The Balaban J connectivity index is 1.79. The van der Waals surface area contributed by atoms with Crippen molar-refractivity contribution in [1.82, 2.24) is 0 Å². The summed E-state index contributed by atoms with van der Waals surface area (Å²) in [5, 5.41) is 11.1. The van der Waals surface area contributed by atoms with Gasteiger partial charge >= 0.3 is 0 Å². The van der Waals surface area contributed by atoms with Crippen LogP contribution >= 0.6 is 11.3 Å². The van der Waals surface area contributed by atoms with E-state index >= 15 is 0 Å². The molecule has 4 nitrogen and oxygen atoms in total. The van der Waals surface area contributed by atoms with Gasteiger partial charge in [0, 0.05) is 27.8 Å². The molecule has 2 aromatic rings. The highest BCUT2D eigenvalue weighted by Gasteiger charge is 2.39. The van der Waals surface area contributed by atoms with Crippen LogP contribution in [0.3, 0.4) is 0 Å². The average molecular weight is 329 g/mol. The summed E-state index contributed by atoms with van der Waals surface area (Å²) in [7, 11) is 0. The molecular formula is C18H19NO3S. The van der Waals surface area contributed by atoms with E-state index in [-0.39, 0.29) is 22.8 Å². The highest BCUT2D eigenvalue weighted by atomic mass is 32.1. The largest absolute Gasteiger partial charge is 0.365 e. The van der Waals surface area contributed by atoms with Crippen LogP contribution in [0.5, 0.6) is 0 Å². The lowest BCUT2D eigenvalue weighted by Crippen LogP contribution is -2.32. The van der Waals surface area contributed by atoms with E-state index in [9.17, 15) is 10.1 Å². The second-order valence-corrected chi connectivity index (χ2v) is 7.76. The molecule has 2 heterocycles. The number of aryl methyl sites for hydroxylation is 1. The van der Waals surface area contributed by atoms with E-state index in [4.69, 9.17) is 4.74 Å². The molecule has 1 aliphatic heterocycles. The van der Waals surface area contributed by atoms with Crippen LogP contribution in [0.1, 0.15) is 58.6 Å². The monoisotopic (exact) mass is 329 g/mol. The first-order valence-electron chi connectivity index (χ1n) is 8.13. The Kier molecular flexibility index (Phi) is 3.70. The average Bonchev–Trinajstić information content (AvgIpc) is 2.96. The zero-order chi connectivity index (χ0) is 16.0. The van der Waals surface area contributed by atoms with Crippen molar-refractivity contribution in [2.24, 2.45) is 0 Å². The van der Waals surface area contributed by atoms with Gasteiger partial charge in [0.1, 0.15) is 6.10 Å². The maximum Gasteiger partial charge on any atom is 0.269 e. The standard InChI is InChI=1S/C18H19NO3S/c1-11-9-15-17(12-5-4-6-13(10-12)19(20)21)22-16-8-3-2-7-14(16)18(15)23-11/h4-6,9-10,14,16-17H,2-3,7-8H2,1H3/t14-,16-,17+/m1/s1. The SMILES string of the molecule is Cc1cc2c(s1)[C@@H]1CCCC[C@H]1O[C@H]2c1cccc([N+](=O)[O-])c1. The smallest absolute Gasteiger partial charge is 0.269 e. The van der Waals surface area contributed by atoms with Gasteiger partial charge in [-0.1, -0.05) is 25.0 Å². The third-order valence-corrected chi connectivity index (χ3v) is 6.13. The molecule has 0 spiro atoms. The Bertz CT molecular complexity index is 754. The second-order valence-electron chi connectivity index (χ2n) is 6.47. The van der Waals surface area contributed by atoms with Crippen LogP contribution in [-0.4, -0.2) is 11.0 Å². The van der Waals surface area contributed by atoms with E-state index in [1.54, 1.807) is 12.1 Å². The molecule has 0 unspecified atom stereocenters. The molecule has 5 heteroatoms. The van der Waals surface area contributed by atoms with Crippen LogP contribution in [0.2, 0.25) is 0 Å². The first kappa shape index (κ1) is 14.8. The normalized spacial score (nSPS) is 26.4. The van der Waals surface area contributed by atoms with E-state index < -0.39 is 0 Å². The van der Waals surface area contributed by atoms with E-state index in [1.165, 1.54) is 40.6 Å². The van der Waals surface area contributed by atoms with Crippen molar-refractivity contribution in [2.45, 2.75) is 50.7 Å². The van der Waals surface area contributed by atoms with Crippen LogP contribution in [0.25, 0.3) is 0 Å². The van der Waals surface area contributed by atoms with Crippen molar-refractivity contribution < 1.29 is 9.66 Å². The number of thiophene rings is 1. The van der Waals surface area contributed by atoms with Crippen LogP contribution in [0, 0.1) is 17.0 Å². The van der Waals surface area contributed by atoms with Gasteiger partial charge in [-0.3, -0.25) is 10.1 Å². The highest BCUT2D eigenvalue weighted by molar-refractivity contribution is 7.12. The van der Waals surface area contributed by atoms with Crippen molar-refractivity contribution in [2.75, 3.05) is 0 Å². The maximum atomic E-state index is 11.1. The van der Waals surface area contributed by atoms with E-state index in [2.05, 4.69) is 13.0 Å². The van der Waals surface area contributed by atoms with Crippen molar-refractivity contribution in [3.05, 3.63) is 61.3 Å². The lowest BCUT2D eigenvalue weighted by atomic mass is 9.80. The minimum atomic E-state index is -0.338. The van der Waals surface area contributed by atoms with E-state index in [0.29, 0.717) is 5.92 Å². The fraction of sp³-hybridized carbons (Fsp3) is 0.444. The van der Waals surface area contributed by atoms with Gasteiger partial charge in [0.25, 0.3) is 5.69 Å². The summed E-state index contributed by atoms with van der Waals surface area (Å²) in [6.45, 7) is 2.13. The molecule has 0 bridgehead atoms. The minimum absolute atomic E-state index is 0.130. The molecule has 0 amide bonds. The number of hydrogen-bond acceptors (Lipinski definition) is 4. The molecule has 1 fully saturated rings. The third-order valence-electron chi connectivity index (χ3n) is 4.93. The fourth-order valence-electron chi connectivity index (χ4n) is 3.91. The van der Waals surface area contributed by atoms with Crippen molar-refractivity contribution >= 4 is 17.0 Å². The molecular weight excluding hydrogens is 310 g/mol. The number of non-ortho nitro benzene ring substituents is 1.